The molecular formula is C30H30ClN7O3. The Balaban J connectivity index is 1.17. The number of rotatable bonds is 5. The Hall–Kier alpha value is -4.15. The Labute approximate surface area is 240 Å². The molecule has 5 aromatic rings. The number of nitrogens with zero attached hydrogens (tertiary/aromatic N) is 6. The normalized spacial score (nSPS) is 18.1. The van der Waals surface area contributed by atoms with Gasteiger partial charge in [0.2, 0.25) is 5.91 Å². The first-order valence-corrected chi connectivity index (χ1v) is 14.3. The third kappa shape index (κ3) is 4.57. The fourth-order valence-corrected chi connectivity index (χ4v) is 6.58. The maximum atomic E-state index is 13.6. The zero-order valence-corrected chi connectivity index (χ0v) is 23.2. The summed E-state index contributed by atoms with van der Waals surface area (Å²) in [4.78, 5) is 42.4. The van der Waals surface area contributed by atoms with Gasteiger partial charge in [0.1, 0.15) is 24.3 Å². The number of carbonyl (C=O) groups excluding carboxylic acids is 1. The number of β-amino-alcohol motifs (C(OH)–C–C–N with tert-alkyl or cyclic N) is 1. The number of amides is 1. The van der Waals surface area contributed by atoms with Gasteiger partial charge in [-0.25, -0.2) is 14.8 Å². The minimum Gasteiger partial charge on any atom is -0.391 e. The summed E-state index contributed by atoms with van der Waals surface area (Å²) in [6.07, 6.45) is 5.13. The Morgan fingerprint density at radius 3 is 2.56 bits per heavy atom. The van der Waals surface area contributed by atoms with Crippen LogP contribution >= 0.6 is 11.6 Å². The number of anilines is 1. The van der Waals surface area contributed by atoms with Crippen molar-refractivity contribution in [3.63, 3.8) is 0 Å². The molecule has 0 spiro atoms. The molecule has 10 nitrogen and oxygen atoms in total. The van der Waals surface area contributed by atoms with E-state index in [0.29, 0.717) is 56.1 Å². The number of hydrogen-bond donors (Lipinski definition) is 2. The number of hydrogen-bond acceptors (Lipinski definition) is 6. The molecular weight excluding hydrogens is 542 g/mol. The van der Waals surface area contributed by atoms with E-state index in [-0.39, 0.29) is 24.2 Å². The number of likely N-dealkylation sites (tertiary alicyclic amines) is 1. The standard InChI is InChI=1S/C30H30ClN7O3/c31-23-6-2-1-5-21(23)22-16-37(29-27(22)28(32-18-33-29)36-14-11-20(39)15-36)17-26(40)35-12-9-19(10-13-35)38-25-8-4-3-7-24(25)34-30(38)41/h1-8,16,18-20,39H,9-15,17H2,(H,34,41). The second-order valence-electron chi connectivity index (χ2n) is 10.9. The number of piperidine rings is 1. The first-order chi connectivity index (χ1) is 20.0. The number of para-hydroxylation sites is 2. The van der Waals surface area contributed by atoms with Crippen LogP contribution in [0.1, 0.15) is 25.3 Å². The zero-order chi connectivity index (χ0) is 28.1. The van der Waals surface area contributed by atoms with Crippen molar-refractivity contribution in [3.05, 3.63) is 76.6 Å². The number of carbonyl (C=O) groups is 1. The van der Waals surface area contributed by atoms with E-state index in [2.05, 4.69) is 19.9 Å². The third-order valence-electron chi connectivity index (χ3n) is 8.37. The molecule has 7 rings (SSSR count). The SMILES string of the molecule is O=C(Cn1cc(-c2ccccc2Cl)c2c(N3CCC(O)C3)ncnc21)N1CCC(n2c(=O)[nH]c3ccccc32)CC1. The number of benzene rings is 2. The van der Waals surface area contributed by atoms with Gasteiger partial charge in [-0.05, 0) is 37.5 Å². The highest BCUT2D eigenvalue weighted by Crippen LogP contribution is 2.39. The van der Waals surface area contributed by atoms with Crippen molar-refractivity contribution in [1.29, 1.82) is 0 Å². The van der Waals surface area contributed by atoms with Crippen molar-refractivity contribution >= 4 is 45.4 Å². The molecule has 11 heteroatoms. The lowest BCUT2D eigenvalue weighted by atomic mass is 10.0. The maximum absolute atomic E-state index is 13.6. The van der Waals surface area contributed by atoms with Crippen molar-refractivity contribution in [1.82, 2.24) is 29.0 Å². The highest BCUT2D eigenvalue weighted by Gasteiger charge is 2.29. The smallest absolute Gasteiger partial charge is 0.326 e. The van der Waals surface area contributed by atoms with Crippen LogP contribution in [0.5, 0.6) is 0 Å². The molecule has 0 radical (unpaired) electrons. The Bertz CT molecular complexity index is 1820. The molecule has 5 heterocycles. The summed E-state index contributed by atoms with van der Waals surface area (Å²) in [5.41, 5.74) is 3.96. The summed E-state index contributed by atoms with van der Waals surface area (Å²) >= 11 is 6.63. The lowest BCUT2D eigenvalue weighted by Crippen LogP contribution is -2.41. The molecule has 3 aromatic heterocycles. The first-order valence-electron chi connectivity index (χ1n) is 14.0. The Morgan fingerprint density at radius 2 is 1.78 bits per heavy atom. The summed E-state index contributed by atoms with van der Waals surface area (Å²) in [7, 11) is 0. The average molecular weight is 572 g/mol. The Morgan fingerprint density at radius 1 is 1.00 bits per heavy atom. The third-order valence-corrected chi connectivity index (χ3v) is 8.70. The average Bonchev–Trinajstić information content (AvgIpc) is 3.68. The van der Waals surface area contributed by atoms with Crippen LogP contribution in [0.15, 0.2) is 65.8 Å². The van der Waals surface area contributed by atoms with Crippen LogP contribution in [0.3, 0.4) is 0 Å². The number of H-pyrrole nitrogens is 1. The van der Waals surface area contributed by atoms with Crippen LogP contribution in [0.2, 0.25) is 5.02 Å². The summed E-state index contributed by atoms with van der Waals surface area (Å²) < 4.78 is 3.71. The Kier molecular flexibility index (Phi) is 6.51. The number of aromatic amines is 1. The summed E-state index contributed by atoms with van der Waals surface area (Å²) in [6, 6.07) is 15.4. The van der Waals surface area contributed by atoms with E-state index in [1.807, 2.05) is 68.8 Å². The monoisotopic (exact) mass is 571 g/mol. The van der Waals surface area contributed by atoms with Gasteiger partial charge >= 0.3 is 5.69 Å². The second-order valence-corrected chi connectivity index (χ2v) is 11.3. The molecule has 0 bridgehead atoms. The molecule has 2 aliphatic rings. The van der Waals surface area contributed by atoms with Gasteiger partial charge in [0.05, 0.1) is 22.5 Å². The highest BCUT2D eigenvalue weighted by atomic mass is 35.5. The fourth-order valence-electron chi connectivity index (χ4n) is 6.34. The number of aliphatic hydroxyl groups excluding tert-OH is 1. The van der Waals surface area contributed by atoms with Crippen LogP contribution in [-0.2, 0) is 11.3 Å². The maximum Gasteiger partial charge on any atom is 0.326 e. The van der Waals surface area contributed by atoms with Crippen molar-refractivity contribution in [2.75, 3.05) is 31.1 Å². The summed E-state index contributed by atoms with van der Waals surface area (Å²) in [6.45, 7) is 2.44. The highest BCUT2D eigenvalue weighted by molar-refractivity contribution is 6.33. The fraction of sp³-hybridized carbons (Fsp3) is 0.333. The summed E-state index contributed by atoms with van der Waals surface area (Å²) in [5.74, 6) is 0.728. The molecule has 1 amide bonds. The summed E-state index contributed by atoms with van der Waals surface area (Å²) in [5, 5.41) is 11.6. The quantitative estimate of drug-likeness (QED) is 0.332. The van der Waals surface area contributed by atoms with E-state index in [0.717, 1.165) is 33.4 Å². The molecule has 0 saturated carbocycles. The molecule has 2 N–H and O–H groups in total. The van der Waals surface area contributed by atoms with Gasteiger partial charge in [-0.2, -0.15) is 0 Å². The van der Waals surface area contributed by atoms with Crippen molar-refractivity contribution < 1.29 is 9.90 Å². The van der Waals surface area contributed by atoms with Gasteiger partial charge in [-0.15, -0.1) is 0 Å². The topological polar surface area (TPSA) is 112 Å². The minimum atomic E-state index is -0.407. The van der Waals surface area contributed by atoms with E-state index in [4.69, 9.17) is 11.6 Å². The molecule has 41 heavy (non-hydrogen) atoms. The van der Waals surface area contributed by atoms with Crippen LogP contribution in [-0.4, -0.2) is 72.3 Å². The van der Waals surface area contributed by atoms with Crippen LogP contribution in [0.25, 0.3) is 33.2 Å². The number of nitrogens with one attached hydrogen (secondary N) is 1. The predicted molar refractivity (Wildman–Crippen MR) is 158 cm³/mol. The zero-order valence-electron chi connectivity index (χ0n) is 22.4. The van der Waals surface area contributed by atoms with Crippen LogP contribution in [0, 0.1) is 0 Å². The molecule has 2 aromatic carbocycles. The van der Waals surface area contributed by atoms with Gasteiger partial charge < -0.3 is 24.5 Å². The number of imidazole rings is 1. The van der Waals surface area contributed by atoms with E-state index in [1.165, 1.54) is 6.33 Å². The first kappa shape index (κ1) is 25.8. The van der Waals surface area contributed by atoms with Crippen molar-refractivity contribution in [3.8, 4) is 11.1 Å². The van der Waals surface area contributed by atoms with Gasteiger partial charge in [-0.3, -0.25) is 9.36 Å². The van der Waals surface area contributed by atoms with Gasteiger partial charge in [0.25, 0.3) is 0 Å². The van der Waals surface area contributed by atoms with E-state index < -0.39 is 6.10 Å². The minimum absolute atomic E-state index is 0.00547. The van der Waals surface area contributed by atoms with Crippen LogP contribution in [0.4, 0.5) is 5.82 Å². The van der Waals surface area contributed by atoms with Crippen molar-refractivity contribution in [2.45, 2.75) is 38.0 Å². The van der Waals surface area contributed by atoms with Crippen LogP contribution < -0.4 is 10.6 Å². The predicted octanol–water partition coefficient (Wildman–Crippen LogP) is 3.83. The molecule has 0 aliphatic carbocycles. The molecule has 1 unspecified atom stereocenters. The molecule has 210 valence electrons. The second kappa shape index (κ2) is 10.4. The largest absolute Gasteiger partial charge is 0.391 e. The lowest BCUT2D eigenvalue weighted by molar-refractivity contribution is -0.133. The van der Waals surface area contributed by atoms with Gasteiger partial charge in [0.15, 0.2) is 0 Å². The molecule has 1 atom stereocenters. The van der Waals surface area contributed by atoms with E-state index >= 15 is 0 Å². The van der Waals surface area contributed by atoms with Gasteiger partial charge in [-0.1, -0.05) is 41.9 Å². The van der Waals surface area contributed by atoms with E-state index in [1.54, 1.807) is 0 Å². The van der Waals surface area contributed by atoms with Gasteiger partial charge in [0, 0.05) is 54.6 Å². The number of aliphatic hydroxyl groups is 1. The number of halogens is 1. The lowest BCUT2D eigenvalue weighted by Gasteiger charge is -2.32. The number of fused-ring (bicyclic) bond motifs is 2. The molecule has 2 aliphatic heterocycles. The van der Waals surface area contributed by atoms with E-state index in [9.17, 15) is 14.7 Å². The number of aromatic nitrogens is 5. The van der Waals surface area contributed by atoms with Crippen molar-refractivity contribution in [2.24, 2.45) is 0 Å². The molecule has 2 saturated heterocycles. The molecule has 2 fully saturated rings.